The molecule has 0 bridgehead atoms. The fraction of sp³-hybridized carbons (Fsp3) is 0.100. The van der Waals surface area contributed by atoms with Crippen LogP contribution in [-0.2, 0) is 0 Å². The Kier molecular flexibility index (Phi) is 3.91. The minimum atomic E-state index is -1.34. The zero-order valence-corrected chi connectivity index (χ0v) is 11.4. The number of nitrogens with zero attached hydrogens (tertiary/aromatic N) is 3. The summed E-state index contributed by atoms with van der Waals surface area (Å²) in [4.78, 5) is 21.3. The van der Waals surface area contributed by atoms with Gasteiger partial charge in [0, 0.05) is 19.1 Å². The van der Waals surface area contributed by atoms with Gasteiger partial charge in [-0.1, -0.05) is 11.6 Å². The predicted octanol–water partition coefficient (Wildman–Crippen LogP) is 2.79. The van der Waals surface area contributed by atoms with Crippen LogP contribution in [0, 0.1) is 17.0 Å². The van der Waals surface area contributed by atoms with E-state index in [1.54, 1.807) is 6.92 Å². The third-order valence-corrected chi connectivity index (χ3v) is 3.56. The van der Waals surface area contributed by atoms with Crippen LogP contribution in [0.2, 0.25) is 5.02 Å². The topological polar surface area (TPSA) is 119 Å². The Balaban J connectivity index is 2.51. The number of carboxylic acids is 1. The Bertz CT molecular complexity index is 702. The number of benzene rings is 1. The third kappa shape index (κ3) is 2.89. The fourth-order valence-electron chi connectivity index (χ4n) is 1.35. The molecule has 104 valence electrons. The van der Waals surface area contributed by atoms with Gasteiger partial charge in [-0.2, -0.15) is 0 Å². The Labute approximate surface area is 120 Å². The number of carbonyl (C=O) groups is 1. The van der Waals surface area contributed by atoms with Gasteiger partial charge in [-0.3, -0.25) is 10.1 Å². The number of aryl methyl sites for hydroxylation is 1. The molecule has 0 aliphatic heterocycles. The summed E-state index contributed by atoms with van der Waals surface area (Å²) in [5, 5.41) is 27.1. The van der Waals surface area contributed by atoms with E-state index in [0.29, 0.717) is 5.89 Å². The van der Waals surface area contributed by atoms with Gasteiger partial charge in [-0.25, -0.2) is 4.79 Å². The van der Waals surface area contributed by atoms with Crippen LogP contribution in [-0.4, -0.2) is 26.2 Å². The molecule has 1 N–H and O–H groups in total. The monoisotopic (exact) mass is 315 g/mol. The Morgan fingerprint density at radius 1 is 1.50 bits per heavy atom. The Morgan fingerprint density at radius 2 is 2.20 bits per heavy atom. The fourth-order valence-corrected chi connectivity index (χ4v) is 2.51. The highest BCUT2D eigenvalue weighted by molar-refractivity contribution is 7.99. The SMILES string of the molecule is Cc1nnc(Sc2c(Cl)cc([N+](=O)[O-])cc2C(=O)O)o1. The Morgan fingerprint density at radius 3 is 2.70 bits per heavy atom. The average molecular weight is 316 g/mol. The van der Waals surface area contributed by atoms with Crippen LogP contribution in [0.1, 0.15) is 16.2 Å². The zero-order chi connectivity index (χ0) is 14.9. The molecular weight excluding hydrogens is 310 g/mol. The molecule has 0 spiro atoms. The molecule has 0 aliphatic rings. The summed E-state index contributed by atoms with van der Waals surface area (Å²) in [5.41, 5.74) is -0.705. The number of halogens is 1. The molecule has 2 aromatic rings. The van der Waals surface area contributed by atoms with E-state index in [4.69, 9.17) is 21.1 Å². The van der Waals surface area contributed by atoms with Gasteiger partial charge in [0.1, 0.15) is 0 Å². The van der Waals surface area contributed by atoms with Crippen molar-refractivity contribution in [1.82, 2.24) is 10.2 Å². The van der Waals surface area contributed by atoms with E-state index in [0.717, 1.165) is 23.9 Å². The number of hydrogen-bond donors (Lipinski definition) is 1. The molecule has 8 nitrogen and oxygen atoms in total. The number of carboxylic acid groups (broad SMARTS) is 1. The lowest BCUT2D eigenvalue weighted by molar-refractivity contribution is -0.384. The van der Waals surface area contributed by atoms with E-state index in [1.165, 1.54) is 0 Å². The number of aromatic nitrogens is 2. The van der Waals surface area contributed by atoms with Crippen LogP contribution in [0.3, 0.4) is 0 Å². The lowest BCUT2D eigenvalue weighted by Crippen LogP contribution is -2.01. The summed E-state index contributed by atoms with van der Waals surface area (Å²) in [5.74, 6) is -1.03. The van der Waals surface area contributed by atoms with Gasteiger partial charge in [0.2, 0.25) is 5.89 Å². The molecule has 20 heavy (non-hydrogen) atoms. The van der Waals surface area contributed by atoms with Crippen molar-refractivity contribution >= 4 is 35.0 Å². The predicted molar refractivity (Wildman–Crippen MR) is 68.2 cm³/mol. The number of non-ortho nitro benzene ring substituents is 1. The van der Waals surface area contributed by atoms with E-state index in [-0.39, 0.29) is 20.7 Å². The van der Waals surface area contributed by atoms with Crippen LogP contribution < -0.4 is 0 Å². The largest absolute Gasteiger partial charge is 0.478 e. The smallest absolute Gasteiger partial charge is 0.337 e. The molecule has 1 heterocycles. The number of nitro benzene ring substituents is 1. The maximum absolute atomic E-state index is 11.2. The van der Waals surface area contributed by atoms with Crippen LogP contribution in [0.25, 0.3) is 0 Å². The third-order valence-electron chi connectivity index (χ3n) is 2.17. The summed E-state index contributed by atoms with van der Waals surface area (Å²) in [6, 6.07) is 2.00. The lowest BCUT2D eigenvalue weighted by Gasteiger charge is -2.05. The van der Waals surface area contributed by atoms with Crippen LogP contribution in [0.4, 0.5) is 5.69 Å². The maximum Gasteiger partial charge on any atom is 0.337 e. The van der Waals surface area contributed by atoms with Crippen molar-refractivity contribution in [3.05, 3.63) is 38.7 Å². The molecule has 0 amide bonds. The lowest BCUT2D eigenvalue weighted by atomic mass is 10.2. The van der Waals surface area contributed by atoms with Crippen LogP contribution in [0.15, 0.2) is 26.7 Å². The van der Waals surface area contributed by atoms with Gasteiger partial charge in [0.15, 0.2) is 0 Å². The summed E-state index contributed by atoms with van der Waals surface area (Å²) in [6.45, 7) is 1.58. The minimum Gasteiger partial charge on any atom is -0.478 e. The molecular formula is C10H6ClN3O5S. The summed E-state index contributed by atoms with van der Waals surface area (Å²) in [7, 11) is 0. The van der Waals surface area contributed by atoms with Crippen molar-refractivity contribution < 1.29 is 19.2 Å². The maximum atomic E-state index is 11.2. The van der Waals surface area contributed by atoms with E-state index < -0.39 is 16.6 Å². The van der Waals surface area contributed by atoms with E-state index in [1.807, 2.05) is 0 Å². The van der Waals surface area contributed by atoms with Gasteiger partial charge in [-0.05, 0) is 11.8 Å². The van der Waals surface area contributed by atoms with Crippen LogP contribution >= 0.6 is 23.4 Å². The molecule has 0 atom stereocenters. The number of aromatic carboxylic acids is 1. The molecule has 0 radical (unpaired) electrons. The van der Waals surface area contributed by atoms with Gasteiger partial charge in [0.25, 0.3) is 10.9 Å². The number of hydrogen-bond acceptors (Lipinski definition) is 7. The Hall–Kier alpha value is -2.13. The first kappa shape index (κ1) is 14.3. The highest BCUT2D eigenvalue weighted by atomic mass is 35.5. The second-order valence-corrected chi connectivity index (χ2v) is 4.92. The molecule has 1 aromatic carbocycles. The quantitative estimate of drug-likeness (QED) is 0.675. The summed E-state index contributed by atoms with van der Waals surface area (Å²) >= 11 is 6.74. The average Bonchev–Trinajstić information content (AvgIpc) is 2.76. The van der Waals surface area contributed by atoms with E-state index in [2.05, 4.69) is 10.2 Å². The molecule has 0 fully saturated rings. The van der Waals surface area contributed by atoms with Gasteiger partial charge in [-0.15, -0.1) is 10.2 Å². The van der Waals surface area contributed by atoms with E-state index in [9.17, 15) is 14.9 Å². The molecule has 1 aromatic heterocycles. The zero-order valence-electron chi connectivity index (χ0n) is 9.86. The first-order chi connectivity index (χ1) is 9.38. The minimum absolute atomic E-state index is 0.0718. The van der Waals surface area contributed by atoms with Crippen molar-refractivity contribution in [2.75, 3.05) is 0 Å². The molecule has 0 aliphatic carbocycles. The highest BCUT2D eigenvalue weighted by Gasteiger charge is 2.22. The first-order valence-electron chi connectivity index (χ1n) is 5.07. The van der Waals surface area contributed by atoms with Crippen molar-refractivity contribution in [2.45, 2.75) is 17.0 Å². The van der Waals surface area contributed by atoms with Crippen molar-refractivity contribution in [2.24, 2.45) is 0 Å². The standard InChI is InChI=1S/C10H6ClN3O5S/c1-4-12-13-10(19-4)20-8-6(9(15)16)2-5(14(17)18)3-7(8)11/h2-3H,1H3,(H,15,16). The normalized spacial score (nSPS) is 10.5. The second-order valence-electron chi connectivity index (χ2n) is 3.56. The highest BCUT2D eigenvalue weighted by Crippen LogP contribution is 2.38. The van der Waals surface area contributed by atoms with E-state index >= 15 is 0 Å². The van der Waals surface area contributed by atoms with Gasteiger partial charge < -0.3 is 9.52 Å². The van der Waals surface area contributed by atoms with Gasteiger partial charge in [0.05, 0.1) is 20.4 Å². The van der Waals surface area contributed by atoms with Crippen molar-refractivity contribution in [3.63, 3.8) is 0 Å². The molecule has 0 unspecified atom stereocenters. The number of nitro groups is 1. The molecule has 0 saturated carbocycles. The molecule has 2 rings (SSSR count). The molecule has 0 saturated heterocycles. The van der Waals surface area contributed by atoms with Crippen LogP contribution in [0.5, 0.6) is 0 Å². The number of rotatable bonds is 4. The first-order valence-corrected chi connectivity index (χ1v) is 6.27. The second kappa shape index (κ2) is 5.47. The summed E-state index contributed by atoms with van der Waals surface area (Å²) < 4.78 is 5.11. The van der Waals surface area contributed by atoms with Gasteiger partial charge >= 0.3 is 5.97 Å². The summed E-state index contributed by atoms with van der Waals surface area (Å²) in [6.07, 6.45) is 0. The van der Waals surface area contributed by atoms with Crippen molar-refractivity contribution in [3.8, 4) is 0 Å². The molecule has 10 heteroatoms. The van der Waals surface area contributed by atoms with Crippen molar-refractivity contribution in [1.29, 1.82) is 0 Å².